The number of benzene rings is 3. The molecule has 0 spiro atoms. The second kappa shape index (κ2) is 6.86. The van der Waals surface area contributed by atoms with Crippen molar-refractivity contribution >= 4 is 10.9 Å². The van der Waals surface area contributed by atoms with Crippen molar-refractivity contribution in [3.63, 3.8) is 0 Å². The normalized spacial score (nSPS) is 10.6. The highest BCUT2D eigenvalue weighted by atomic mass is 14.7. The molecule has 0 bridgehead atoms. The molecule has 0 N–H and O–H groups in total. The van der Waals surface area contributed by atoms with Gasteiger partial charge in [0.2, 0.25) is 0 Å². The number of hydrogen-bond donors (Lipinski definition) is 0. The molecular formula is C25H19N. The fourth-order valence-corrected chi connectivity index (χ4v) is 3.46. The van der Waals surface area contributed by atoms with Crippen LogP contribution in [0.5, 0.6) is 0 Å². The van der Waals surface area contributed by atoms with E-state index in [0.29, 0.717) is 6.42 Å². The van der Waals surface area contributed by atoms with E-state index in [9.17, 15) is 0 Å². The molecule has 0 saturated heterocycles. The van der Waals surface area contributed by atoms with E-state index in [-0.39, 0.29) is 0 Å². The van der Waals surface area contributed by atoms with Gasteiger partial charge in [-0.1, -0.05) is 72.3 Å². The molecule has 0 aliphatic rings. The lowest BCUT2D eigenvalue weighted by atomic mass is 9.90. The summed E-state index contributed by atoms with van der Waals surface area (Å²) in [5.74, 6) is 2.84. The average Bonchev–Trinajstić information content (AvgIpc) is 2.69. The van der Waals surface area contributed by atoms with Gasteiger partial charge < -0.3 is 0 Å². The van der Waals surface area contributed by atoms with Gasteiger partial charge >= 0.3 is 0 Å². The minimum Gasteiger partial charge on any atom is -0.247 e. The number of nitrogens with zero attached hydrogens (tertiary/aromatic N) is 1. The van der Waals surface area contributed by atoms with Crippen LogP contribution in [-0.4, -0.2) is 4.98 Å². The van der Waals surface area contributed by atoms with E-state index in [1.807, 2.05) is 24.3 Å². The molecule has 0 fully saturated rings. The number of fused-ring (bicyclic) bond motifs is 1. The van der Waals surface area contributed by atoms with Crippen molar-refractivity contribution in [1.82, 2.24) is 4.98 Å². The van der Waals surface area contributed by atoms with Crippen LogP contribution in [-0.2, 0) is 6.42 Å². The van der Waals surface area contributed by atoms with Crippen LogP contribution < -0.4 is 0 Å². The molecule has 0 radical (unpaired) electrons. The summed E-state index contributed by atoms with van der Waals surface area (Å²) in [5, 5.41) is 1.15. The molecule has 124 valence electrons. The molecule has 0 saturated carbocycles. The molecule has 0 aliphatic heterocycles. The molecule has 4 rings (SSSR count). The average molecular weight is 333 g/mol. The molecule has 3 aromatic carbocycles. The summed E-state index contributed by atoms with van der Waals surface area (Å²) in [6.45, 7) is 2.11. The Morgan fingerprint density at radius 2 is 1.50 bits per heavy atom. The van der Waals surface area contributed by atoms with Gasteiger partial charge in [-0.05, 0) is 35.7 Å². The van der Waals surface area contributed by atoms with E-state index in [2.05, 4.69) is 67.4 Å². The lowest BCUT2D eigenvalue weighted by Gasteiger charge is -2.17. The summed E-state index contributed by atoms with van der Waals surface area (Å²) in [6, 6.07) is 27.2. The highest BCUT2D eigenvalue weighted by Crippen LogP contribution is 2.37. The molecule has 0 unspecified atom stereocenters. The van der Waals surface area contributed by atoms with E-state index in [1.54, 1.807) is 0 Å². The fourth-order valence-electron chi connectivity index (χ4n) is 3.46. The van der Waals surface area contributed by atoms with Crippen molar-refractivity contribution < 1.29 is 0 Å². The number of hydrogen-bond acceptors (Lipinski definition) is 1. The molecule has 26 heavy (non-hydrogen) atoms. The van der Waals surface area contributed by atoms with Gasteiger partial charge in [-0.25, -0.2) is 4.98 Å². The quantitative estimate of drug-likeness (QED) is 0.416. The van der Waals surface area contributed by atoms with Crippen LogP contribution in [0, 0.1) is 19.3 Å². The largest absolute Gasteiger partial charge is 0.247 e. The summed E-state index contributed by atoms with van der Waals surface area (Å²) in [6.07, 6.45) is 6.30. The summed E-state index contributed by atoms with van der Waals surface area (Å²) >= 11 is 0. The van der Waals surface area contributed by atoms with E-state index < -0.39 is 0 Å². The van der Waals surface area contributed by atoms with Crippen LogP contribution in [0.3, 0.4) is 0 Å². The topological polar surface area (TPSA) is 12.9 Å². The van der Waals surface area contributed by atoms with Crippen molar-refractivity contribution in [2.24, 2.45) is 0 Å². The molecule has 1 aromatic heterocycles. The Kier molecular flexibility index (Phi) is 4.25. The van der Waals surface area contributed by atoms with E-state index in [0.717, 1.165) is 27.7 Å². The smallest absolute Gasteiger partial charge is 0.0757 e. The molecule has 1 nitrogen and oxygen atoms in total. The Labute approximate surface area is 154 Å². The predicted molar refractivity (Wildman–Crippen MR) is 110 cm³/mol. The Balaban J connectivity index is 2.15. The first kappa shape index (κ1) is 16.1. The molecule has 0 aliphatic carbocycles. The lowest BCUT2D eigenvalue weighted by Crippen LogP contribution is -1.99. The minimum absolute atomic E-state index is 0.547. The summed E-state index contributed by atoms with van der Waals surface area (Å²) in [7, 11) is 0. The van der Waals surface area contributed by atoms with Gasteiger partial charge in [-0.3, -0.25) is 0 Å². The Bertz CT molecular complexity index is 1100. The molecule has 0 amide bonds. The van der Waals surface area contributed by atoms with Gasteiger partial charge in [-0.2, -0.15) is 0 Å². The molecule has 1 heteroatoms. The minimum atomic E-state index is 0.547. The second-order valence-corrected chi connectivity index (χ2v) is 6.45. The van der Waals surface area contributed by atoms with E-state index in [4.69, 9.17) is 11.4 Å². The maximum atomic E-state index is 5.75. The van der Waals surface area contributed by atoms with Gasteiger partial charge in [0, 0.05) is 17.4 Å². The van der Waals surface area contributed by atoms with E-state index >= 15 is 0 Å². The van der Waals surface area contributed by atoms with Gasteiger partial charge in [0.25, 0.3) is 0 Å². The number of aryl methyl sites for hydroxylation is 1. The third-order valence-electron chi connectivity index (χ3n) is 4.63. The van der Waals surface area contributed by atoms with Crippen molar-refractivity contribution in [1.29, 1.82) is 0 Å². The van der Waals surface area contributed by atoms with Gasteiger partial charge in [-0.15, -0.1) is 12.3 Å². The Morgan fingerprint density at radius 1 is 0.846 bits per heavy atom. The van der Waals surface area contributed by atoms with Crippen molar-refractivity contribution in [2.45, 2.75) is 13.3 Å². The molecular weight excluding hydrogens is 314 g/mol. The number of terminal acetylenes is 1. The fraction of sp³-hybridized carbons (Fsp3) is 0.0800. The zero-order chi connectivity index (χ0) is 17.9. The van der Waals surface area contributed by atoms with Gasteiger partial charge in [0.15, 0.2) is 0 Å². The first-order valence-corrected chi connectivity index (χ1v) is 8.75. The van der Waals surface area contributed by atoms with Crippen molar-refractivity contribution in [2.75, 3.05) is 0 Å². The van der Waals surface area contributed by atoms with Crippen LogP contribution in [0.4, 0.5) is 0 Å². The predicted octanol–water partition coefficient (Wildman–Crippen LogP) is 6.05. The van der Waals surface area contributed by atoms with Gasteiger partial charge in [0.05, 0.1) is 11.2 Å². The van der Waals surface area contributed by atoms with Crippen LogP contribution >= 0.6 is 0 Å². The standard InChI is InChI=1S/C25H19N/c1-3-10-21-24(19-11-6-4-7-12-19)22-17-18(2)15-16-23(22)26-25(21)20-13-8-5-9-14-20/h1,4-9,11-17H,10H2,2H3. The Morgan fingerprint density at radius 3 is 2.15 bits per heavy atom. The summed E-state index contributed by atoms with van der Waals surface area (Å²) < 4.78 is 0. The third-order valence-corrected chi connectivity index (χ3v) is 4.63. The number of pyridine rings is 1. The second-order valence-electron chi connectivity index (χ2n) is 6.45. The van der Waals surface area contributed by atoms with Crippen LogP contribution in [0.2, 0.25) is 0 Å². The van der Waals surface area contributed by atoms with Crippen LogP contribution in [0.1, 0.15) is 11.1 Å². The van der Waals surface area contributed by atoms with Crippen LogP contribution in [0.25, 0.3) is 33.3 Å². The highest BCUT2D eigenvalue weighted by molar-refractivity contribution is 5.99. The molecule has 4 aromatic rings. The molecule has 0 atom stereocenters. The first-order chi connectivity index (χ1) is 12.8. The first-order valence-electron chi connectivity index (χ1n) is 8.75. The van der Waals surface area contributed by atoms with Gasteiger partial charge in [0.1, 0.15) is 0 Å². The number of rotatable bonds is 3. The lowest BCUT2D eigenvalue weighted by molar-refractivity contribution is 1.26. The van der Waals surface area contributed by atoms with Crippen molar-refractivity contribution in [3.05, 3.63) is 90.0 Å². The monoisotopic (exact) mass is 333 g/mol. The SMILES string of the molecule is C#CCc1c(-c2ccccc2)nc2ccc(C)cc2c1-c1ccccc1. The number of aromatic nitrogens is 1. The maximum Gasteiger partial charge on any atom is 0.0757 e. The summed E-state index contributed by atoms with van der Waals surface area (Å²) in [5.41, 5.74) is 7.76. The molecule has 1 heterocycles. The van der Waals surface area contributed by atoms with Crippen molar-refractivity contribution in [3.8, 4) is 34.7 Å². The van der Waals surface area contributed by atoms with E-state index in [1.165, 1.54) is 16.7 Å². The van der Waals surface area contributed by atoms with Crippen LogP contribution in [0.15, 0.2) is 78.9 Å². The highest BCUT2D eigenvalue weighted by Gasteiger charge is 2.17. The third kappa shape index (κ3) is 2.87. The zero-order valence-corrected chi connectivity index (χ0v) is 14.7. The maximum absolute atomic E-state index is 5.75. The Hall–Kier alpha value is -3.37. The zero-order valence-electron chi connectivity index (χ0n) is 14.7. The summed E-state index contributed by atoms with van der Waals surface area (Å²) in [4.78, 5) is 5.00.